The zero-order chi connectivity index (χ0) is 12.5. The van der Waals surface area contributed by atoms with Crippen molar-refractivity contribution in [2.24, 2.45) is 0 Å². The number of nitrogens with one attached hydrogen (secondary N) is 1. The molecule has 1 fully saturated rings. The molecule has 94 valence electrons. The number of benzene rings is 1. The van der Waals surface area contributed by atoms with Crippen LogP contribution in [0.25, 0.3) is 0 Å². The fraction of sp³-hybridized carbons (Fsp3) is 0.385. The number of aromatic nitrogens is 2. The van der Waals surface area contributed by atoms with Crippen LogP contribution in [-0.2, 0) is 0 Å². The van der Waals surface area contributed by atoms with E-state index in [0.29, 0.717) is 23.9 Å². The van der Waals surface area contributed by atoms with Crippen LogP contribution in [0.2, 0.25) is 0 Å². The van der Waals surface area contributed by atoms with Crippen LogP contribution in [0.4, 0.5) is 6.01 Å². The van der Waals surface area contributed by atoms with Gasteiger partial charge in [-0.05, 0) is 18.9 Å². The Labute approximate surface area is 110 Å². The number of nitrogens with zero attached hydrogens (tertiary/aromatic N) is 2. The van der Waals surface area contributed by atoms with Crippen molar-refractivity contribution in [2.45, 2.75) is 30.7 Å². The van der Waals surface area contributed by atoms with Gasteiger partial charge in [0.05, 0.1) is 0 Å². The van der Waals surface area contributed by atoms with E-state index in [1.165, 1.54) is 5.56 Å². The van der Waals surface area contributed by atoms with Gasteiger partial charge in [0.1, 0.15) is 5.38 Å². The average Bonchev–Trinajstić information content (AvgIpc) is 2.97. The Bertz CT molecular complexity index is 526. The van der Waals surface area contributed by atoms with Crippen molar-refractivity contribution in [3.05, 3.63) is 41.8 Å². The predicted octanol–water partition coefficient (Wildman–Crippen LogP) is 3.34. The maximum Gasteiger partial charge on any atom is 0.315 e. The Morgan fingerprint density at radius 3 is 2.78 bits per heavy atom. The molecule has 1 saturated carbocycles. The molecule has 1 heterocycles. The summed E-state index contributed by atoms with van der Waals surface area (Å²) in [6, 6.07) is 11.3. The van der Waals surface area contributed by atoms with E-state index in [-0.39, 0.29) is 5.38 Å². The van der Waals surface area contributed by atoms with Crippen LogP contribution in [0, 0.1) is 0 Å². The molecular formula is C13H14ClN3O. The molecule has 0 spiro atoms. The molecule has 3 unspecified atom stereocenters. The monoisotopic (exact) mass is 263 g/mol. The molecule has 0 radical (unpaired) electrons. The van der Waals surface area contributed by atoms with Gasteiger partial charge in [-0.1, -0.05) is 35.4 Å². The third-order valence-corrected chi connectivity index (χ3v) is 3.29. The van der Waals surface area contributed by atoms with Gasteiger partial charge in [0, 0.05) is 12.0 Å². The van der Waals surface area contributed by atoms with Crippen molar-refractivity contribution in [2.75, 3.05) is 5.32 Å². The molecule has 3 rings (SSSR count). The summed E-state index contributed by atoms with van der Waals surface area (Å²) in [5.41, 5.74) is 1.35. The van der Waals surface area contributed by atoms with Crippen LogP contribution in [0.5, 0.6) is 0 Å². The highest BCUT2D eigenvalue weighted by molar-refractivity contribution is 6.20. The summed E-state index contributed by atoms with van der Waals surface area (Å²) < 4.78 is 5.41. The smallest absolute Gasteiger partial charge is 0.315 e. The van der Waals surface area contributed by atoms with Gasteiger partial charge < -0.3 is 9.73 Å². The predicted molar refractivity (Wildman–Crippen MR) is 69.8 cm³/mol. The van der Waals surface area contributed by atoms with Crippen LogP contribution >= 0.6 is 11.6 Å². The highest BCUT2D eigenvalue weighted by Crippen LogP contribution is 2.42. The van der Waals surface area contributed by atoms with E-state index in [2.05, 4.69) is 39.8 Å². The highest BCUT2D eigenvalue weighted by Gasteiger charge is 2.39. The second-order valence-corrected chi connectivity index (χ2v) is 5.22. The van der Waals surface area contributed by atoms with Gasteiger partial charge >= 0.3 is 6.01 Å². The van der Waals surface area contributed by atoms with Crippen molar-refractivity contribution in [1.82, 2.24) is 10.2 Å². The Balaban J connectivity index is 1.62. The minimum atomic E-state index is -0.253. The fourth-order valence-corrected chi connectivity index (χ4v) is 2.12. The lowest BCUT2D eigenvalue weighted by Crippen LogP contribution is -2.04. The summed E-state index contributed by atoms with van der Waals surface area (Å²) in [5, 5.41) is 10.8. The first-order valence-electron chi connectivity index (χ1n) is 6.03. The molecule has 0 aliphatic heterocycles. The van der Waals surface area contributed by atoms with Gasteiger partial charge in [0.15, 0.2) is 0 Å². The van der Waals surface area contributed by atoms with Gasteiger partial charge in [-0.25, -0.2) is 0 Å². The van der Waals surface area contributed by atoms with Crippen molar-refractivity contribution in [3.63, 3.8) is 0 Å². The van der Waals surface area contributed by atoms with Gasteiger partial charge in [-0.2, -0.15) is 0 Å². The lowest BCUT2D eigenvalue weighted by molar-refractivity contribution is 0.505. The van der Waals surface area contributed by atoms with Crippen LogP contribution in [0.1, 0.15) is 36.1 Å². The van der Waals surface area contributed by atoms with E-state index < -0.39 is 0 Å². The largest absolute Gasteiger partial charge is 0.406 e. The molecule has 1 aliphatic carbocycles. The maximum absolute atomic E-state index is 5.87. The zero-order valence-corrected chi connectivity index (χ0v) is 10.8. The molecule has 0 bridgehead atoms. The SMILES string of the molecule is CC(Cl)c1nnc(NC2CC2c2ccccc2)o1. The lowest BCUT2D eigenvalue weighted by Gasteiger charge is -2.00. The molecule has 1 aromatic carbocycles. The molecule has 3 atom stereocenters. The Kier molecular flexibility index (Phi) is 2.96. The van der Waals surface area contributed by atoms with E-state index in [1.807, 2.05) is 13.0 Å². The summed E-state index contributed by atoms with van der Waals surface area (Å²) in [6.07, 6.45) is 1.10. The van der Waals surface area contributed by atoms with Crippen molar-refractivity contribution in [3.8, 4) is 0 Å². The average molecular weight is 264 g/mol. The quantitative estimate of drug-likeness (QED) is 0.860. The van der Waals surface area contributed by atoms with E-state index in [4.69, 9.17) is 16.0 Å². The first-order valence-corrected chi connectivity index (χ1v) is 6.46. The Morgan fingerprint density at radius 1 is 1.33 bits per heavy atom. The second-order valence-electron chi connectivity index (χ2n) is 4.57. The van der Waals surface area contributed by atoms with Crippen LogP contribution < -0.4 is 5.32 Å². The van der Waals surface area contributed by atoms with Crippen molar-refractivity contribution < 1.29 is 4.42 Å². The molecule has 4 nitrogen and oxygen atoms in total. The second kappa shape index (κ2) is 4.61. The van der Waals surface area contributed by atoms with E-state index in [0.717, 1.165) is 6.42 Å². The van der Waals surface area contributed by atoms with E-state index in [9.17, 15) is 0 Å². The summed E-state index contributed by atoms with van der Waals surface area (Å²) in [4.78, 5) is 0. The summed E-state index contributed by atoms with van der Waals surface area (Å²) in [7, 11) is 0. The summed E-state index contributed by atoms with van der Waals surface area (Å²) in [5.74, 6) is 0.992. The molecule has 0 saturated heterocycles. The Hall–Kier alpha value is -1.55. The zero-order valence-electron chi connectivity index (χ0n) is 10.0. The topological polar surface area (TPSA) is 51.0 Å². The van der Waals surface area contributed by atoms with Crippen LogP contribution in [-0.4, -0.2) is 16.2 Å². The van der Waals surface area contributed by atoms with Crippen LogP contribution in [0.3, 0.4) is 0 Å². The van der Waals surface area contributed by atoms with Gasteiger partial charge in [-0.15, -0.1) is 16.7 Å². The molecular weight excluding hydrogens is 250 g/mol. The summed E-state index contributed by atoms with van der Waals surface area (Å²) >= 11 is 5.87. The first kappa shape index (κ1) is 11.5. The summed E-state index contributed by atoms with van der Waals surface area (Å²) in [6.45, 7) is 1.81. The fourth-order valence-electron chi connectivity index (χ4n) is 2.04. The number of hydrogen-bond acceptors (Lipinski definition) is 4. The third-order valence-electron chi connectivity index (χ3n) is 3.11. The Morgan fingerprint density at radius 2 is 2.11 bits per heavy atom. The van der Waals surface area contributed by atoms with Crippen molar-refractivity contribution >= 4 is 17.6 Å². The minimum Gasteiger partial charge on any atom is -0.406 e. The molecule has 2 aromatic rings. The molecule has 1 N–H and O–H groups in total. The first-order chi connectivity index (χ1) is 8.74. The third kappa shape index (κ3) is 2.34. The molecule has 0 amide bonds. The highest BCUT2D eigenvalue weighted by atomic mass is 35.5. The lowest BCUT2D eigenvalue weighted by atomic mass is 10.1. The normalized spacial score (nSPS) is 23.7. The van der Waals surface area contributed by atoms with E-state index >= 15 is 0 Å². The van der Waals surface area contributed by atoms with Gasteiger partial charge in [0.2, 0.25) is 5.89 Å². The maximum atomic E-state index is 5.87. The number of alkyl halides is 1. The molecule has 18 heavy (non-hydrogen) atoms. The van der Waals surface area contributed by atoms with Gasteiger partial charge in [-0.3, -0.25) is 0 Å². The van der Waals surface area contributed by atoms with Crippen molar-refractivity contribution in [1.29, 1.82) is 0 Å². The number of hydrogen-bond donors (Lipinski definition) is 1. The van der Waals surface area contributed by atoms with Gasteiger partial charge in [0.25, 0.3) is 0 Å². The number of halogens is 1. The number of rotatable bonds is 4. The number of anilines is 1. The standard InChI is InChI=1S/C13H14ClN3O/c1-8(14)12-16-17-13(18-12)15-11-7-10(11)9-5-3-2-4-6-9/h2-6,8,10-11H,7H2,1H3,(H,15,17). The minimum absolute atomic E-state index is 0.253. The van der Waals surface area contributed by atoms with E-state index in [1.54, 1.807) is 0 Å². The molecule has 1 aromatic heterocycles. The van der Waals surface area contributed by atoms with Crippen LogP contribution in [0.15, 0.2) is 34.7 Å². The molecule has 5 heteroatoms. The molecule has 1 aliphatic rings.